The third-order valence-electron chi connectivity index (χ3n) is 5.15. The van der Waals surface area contributed by atoms with Crippen LogP contribution in [-0.4, -0.2) is 59.3 Å². The molecule has 4 rings (SSSR count). The van der Waals surface area contributed by atoms with Crippen LogP contribution in [0.2, 0.25) is 0 Å². The van der Waals surface area contributed by atoms with E-state index < -0.39 is 0 Å². The number of carbonyl (C=O) groups excluding carboxylic acids is 2. The molecule has 1 aromatic rings. The molecule has 2 heterocycles. The van der Waals surface area contributed by atoms with E-state index in [0.717, 1.165) is 44.6 Å². The van der Waals surface area contributed by atoms with Gasteiger partial charge in [0.05, 0.1) is 0 Å². The Kier molecular flexibility index (Phi) is 5.56. The molecule has 3 fully saturated rings. The molecule has 2 N–H and O–H groups in total. The molecule has 2 saturated carbocycles. The van der Waals surface area contributed by atoms with Crippen molar-refractivity contribution in [1.29, 1.82) is 0 Å². The lowest BCUT2D eigenvalue weighted by Gasteiger charge is -2.22. The highest BCUT2D eigenvalue weighted by atomic mass is 16.5. The van der Waals surface area contributed by atoms with Gasteiger partial charge in [0.15, 0.2) is 0 Å². The van der Waals surface area contributed by atoms with Gasteiger partial charge in [-0.05, 0) is 50.9 Å². The molecule has 0 radical (unpaired) electrons. The van der Waals surface area contributed by atoms with Crippen LogP contribution in [0.3, 0.4) is 0 Å². The van der Waals surface area contributed by atoms with Crippen LogP contribution in [0, 0.1) is 5.92 Å². The molecule has 0 bridgehead atoms. The molecule has 1 atom stereocenters. The maximum absolute atomic E-state index is 12.5. The van der Waals surface area contributed by atoms with Crippen LogP contribution in [0.15, 0.2) is 4.52 Å². The Bertz CT molecular complexity index is 670. The topological polar surface area (TPSA) is 110 Å². The summed E-state index contributed by atoms with van der Waals surface area (Å²) in [4.78, 5) is 30.4. The molecule has 3 aliphatic rings. The molecule has 1 aliphatic heterocycles. The number of carbonyl (C=O) groups is 2. The Morgan fingerprint density at radius 1 is 1.22 bits per heavy atom. The van der Waals surface area contributed by atoms with E-state index in [-0.39, 0.29) is 29.8 Å². The van der Waals surface area contributed by atoms with E-state index in [2.05, 4.69) is 20.8 Å². The standard InChI is InChI=1S/C18H27N5O4/c24-16(20-13-6-7-13)15-21-17(27-22-15)14-3-1-9-23(14)18(25)19-8-2-10-26-11-12-4-5-12/h12-14H,1-11H2,(H,19,25)(H,20,24). The highest BCUT2D eigenvalue weighted by molar-refractivity contribution is 5.90. The summed E-state index contributed by atoms with van der Waals surface area (Å²) in [6, 6.07) is -0.172. The fourth-order valence-corrected chi connectivity index (χ4v) is 3.21. The number of likely N-dealkylation sites (tertiary alicyclic amines) is 1. The van der Waals surface area contributed by atoms with Crippen molar-refractivity contribution in [2.75, 3.05) is 26.3 Å². The maximum Gasteiger partial charge on any atom is 0.318 e. The van der Waals surface area contributed by atoms with E-state index in [0.29, 0.717) is 25.6 Å². The largest absolute Gasteiger partial charge is 0.381 e. The predicted octanol–water partition coefficient (Wildman–Crippen LogP) is 1.62. The van der Waals surface area contributed by atoms with Gasteiger partial charge < -0.3 is 24.8 Å². The van der Waals surface area contributed by atoms with Gasteiger partial charge in [-0.3, -0.25) is 4.79 Å². The van der Waals surface area contributed by atoms with Crippen molar-refractivity contribution in [3.8, 4) is 0 Å². The quantitative estimate of drug-likeness (QED) is 0.633. The number of nitrogens with zero attached hydrogens (tertiary/aromatic N) is 3. The Morgan fingerprint density at radius 3 is 2.85 bits per heavy atom. The van der Waals surface area contributed by atoms with Gasteiger partial charge in [0.2, 0.25) is 5.89 Å². The summed E-state index contributed by atoms with van der Waals surface area (Å²) in [5.41, 5.74) is 0. The Hall–Kier alpha value is -2.16. The molecule has 3 amide bonds. The number of urea groups is 1. The molecule has 1 unspecified atom stereocenters. The van der Waals surface area contributed by atoms with Gasteiger partial charge in [-0.1, -0.05) is 5.16 Å². The summed E-state index contributed by atoms with van der Waals surface area (Å²) in [5.74, 6) is 0.816. The molecular formula is C18H27N5O4. The molecule has 1 aromatic heterocycles. The zero-order valence-electron chi connectivity index (χ0n) is 15.5. The van der Waals surface area contributed by atoms with Crippen LogP contribution < -0.4 is 10.6 Å². The first-order chi connectivity index (χ1) is 13.2. The van der Waals surface area contributed by atoms with Crippen LogP contribution in [0.5, 0.6) is 0 Å². The fourth-order valence-electron chi connectivity index (χ4n) is 3.21. The zero-order chi connectivity index (χ0) is 18.6. The highest BCUT2D eigenvalue weighted by Gasteiger charge is 2.35. The minimum atomic E-state index is -0.312. The van der Waals surface area contributed by atoms with E-state index in [1.165, 1.54) is 12.8 Å². The van der Waals surface area contributed by atoms with Crippen molar-refractivity contribution in [1.82, 2.24) is 25.7 Å². The van der Waals surface area contributed by atoms with Gasteiger partial charge in [-0.2, -0.15) is 4.98 Å². The number of nitrogens with one attached hydrogen (secondary N) is 2. The number of aromatic nitrogens is 2. The predicted molar refractivity (Wildman–Crippen MR) is 95.0 cm³/mol. The van der Waals surface area contributed by atoms with Crippen molar-refractivity contribution >= 4 is 11.9 Å². The zero-order valence-corrected chi connectivity index (χ0v) is 15.5. The van der Waals surface area contributed by atoms with Gasteiger partial charge in [0, 0.05) is 32.3 Å². The summed E-state index contributed by atoms with van der Waals surface area (Å²) in [7, 11) is 0. The minimum absolute atomic E-state index is 0.0389. The molecule has 0 spiro atoms. The third-order valence-corrected chi connectivity index (χ3v) is 5.15. The highest BCUT2D eigenvalue weighted by Crippen LogP contribution is 2.31. The van der Waals surface area contributed by atoms with Gasteiger partial charge in [-0.15, -0.1) is 0 Å². The maximum atomic E-state index is 12.5. The van der Waals surface area contributed by atoms with Gasteiger partial charge in [-0.25, -0.2) is 4.79 Å². The van der Waals surface area contributed by atoms with Crippen molar-refractivity contribution in [2.24, 2.45) is 5.92 Å². The van der Waals surface area contributed by atoms with Gasteiger partial charge in [0.1, 0.15) is 6.04 Å². The van der Waals surface area contributed by atoms with Crippen LogP contribution >= 0.6 is 0 Å². The summed E-state index contributed by atoms with van der Waals surface area (Å²) in [6.45, 7) is 2.73. The van der Waals surface area contributed by atoms with E-state index >= 15 is 0 Å². The first kappa shape index (κ1) is 18.2. The molecular weight excluding hydrogens is 350 g/mol. The summed E-state index contributed by atoms with van der Waals surface area (Å²) < 4.78 is 10.9. The molecule has 1 saturated heterocycles. The average Bonchev–Trinajstić information content (AvgIpc) is 3.55. The lowest BCUT2D eigenvalue weighted by Crippen LogP contribution is -2.40. The van der Waals surface area contributed by atoms with Gasteiger partial charge in [0.25, 0.3) is 11.7 Å². The summed E-state index contributed by atoms with van der Waals surface area (Å²) >= 11 is 0. The summed E-state index contributed by atoms with van der Waals surface area (Å²) in [5, 5.41) is 9.54. The molecule has 148 valence electrons. The second-order valence-electron chi connectivity index (χ2n) is 7.66. The molecule has 9 heteroatoms. The smallest absolute Gasteiger partial charge is 0.318 e. The Morgan fingerprint density at radius 2 is 2.07 bits per heavy atom. The number of hydrogen-bond acceptors (Lipinski definition) is 6. The molecule has 0 aromatic carbocycles. The van der Waals surface area contributed by atoms with Gasteiger partial charge >= 0.3 is 6.03 Å². The second-order valence-corrected chi connectivity index (χ2v) is 7.66. The van der Waals surface area contributed by atoms with Crippen LogP contribution in [-0.2, 0) is 4.74 Å². The average molecular weight is 377 g/mol. The van der Waals surface area contributed by atoms with Crippen molar-refractivity contribution < 1.29 is 18.8 Å². The number of amides is 3. The lowest BCUT2D eigenvalue weighted by atomic mass is 10.2. The normalized spacial score (nSPS) is 22.1. The van der Waals surface area contributed by atoms with E-state index in [9.17, 15) is 9.59 Å². The Balaban J connectivity index is 1.23. The molecule has 27 heavy (non-hydrogen) atoms. The van der Waals surface area contributed by atoms with Crippen LogP contribution in [0.4, 0.5) is 4.79 Å². The SMILES string of the molecule is O=C(NC1CC1)c1noc(C2CCCN2C(=O)NCCCOCC2CC2)n1. The first-order valence-electron chi connectivity index (χ1n) is 9.97. The monoisotopic (exact) mass is 377 g/mol. The van der Waals surface area contributed by atoms with Crippen molar-refractivity contribution in [3.05, 3.63) is 11.7 Å². The summed E-state index contributed by atoms with van der Waals surface area (Å²) in [6.07, 6.45) is 6.98. The first-order valence-corrected chi connectivity index (χ1v) is 9.97. The second kappa shape index (κ2) is 8.24. The Labute approximate surface area is 158 Å². The molecule has 9 nitrogen and oxygen atoms in total. The third kappa shape index (κ3) is 4.97. The van der Waals surface area contributed by atoms with Crippen molar-refractivity contribution in [3.63, 3.8) is 0 Å². The van der Waals surface area contributed by atoms with E-state index in [4.69, 9.17) is 9.26 Å². The number of hydrogen-bond donors (Lipinski definition) is 2. The van der Waals surface area contributed by atoms with E-state index in [1.54, 1.807) is 4.90 Å². The number of rotatable bonds is 9. The van der Waals surface area contributed by atoms with Crippen LogP contribution in [0.1, 0.15) is 67.5 Å². The number of ether oxygens (including phenoxy) is 1. The molecule has 2 aliphatic carbocycles. The van der Waals surface area contributed by atoms with Crippen LogP contribution in [0.25, 0.3) is 0 Å². The lowest BCUT2D eigenvalue weighted by molar-refractivity contribution is 0.0937. The van der Waals surface area contributed by atoms with E-state index in [1.807, 2.05) is 0 Å². The fraction of sp³-hybridized carbons (Fsp3) is 0.778. The van der Waals surface area contributed by atoms with Crippen molar-refractivity contribution in [2.45, 2.75) is 57.0 Å². The minimum Gasteiger partial charge on any atom is -0.381 e.